The number of phenols is 2. The summed E-state index contributed by atoms with van der Waals surface area (Å²) in [5, 5.41) is 21.8. The summed E-state index contributed by atoms with van der Waals surface area (Å²) in [6.07, 6.45) is 0. The molecule has 1 aliphatic heterocycles. The molecule has 0 saturated carbocycles. The molecule has 0 aliphatic carbocycles. The van der Waals surface area contributed by atoms with E-state index in [4.69, 9.17) is 4.18 Å². The summed E-state index contributed by atoms with van der Waals surface area (Å²) < 4.78 is 34.2. The van der Waals surface area contributed by atoms with E-state index >= 15 is 0 Å². The van der Waals surface area contributed by atoms with Gasteiger partial charge < -0.3 is 11.6 Å². The van der Waals surface area contributed by atoms with Crippen molar-refractivity contribution in [1.29, 1.82) is 0 Å². The molecule has 0 bridgehead atoms. The van der Waals surface area contributed by atoms with Gasteiger partial charge in [-0.3, -0.25) is 0 Å². The number of rotatable bonds is 2. The number of aryl methyl sites for hydroxylation is 2. The molecule has 0 fully saturated rings. The van der Waals surface area contributed by atoms with Crippen LogP contribution in [0.5, 0.6) is 11.5 Å². The van der Waals surface area contributed by atoms with Gasteiger partial charge in [-0.1, -0.05) is 24.3 Å². The van der Waals surface area contributed by atoms with Gasteiger partial charge in [-0.25, -0.2) is 4.18 Å². The van der Waals surface area contributed by atoms with Crippen LogP contribution in [-0.4, -0.2) is 18.6 Å². The van der Waals surface area contributed by atoms with Crippen molar-refractivity contribution in [2.75, 3.05) is 0 Å². The number of hydrogen-bond donors (Lipinski definition) is 2. The largest absolute Gasteiger partial charge is 1.00 e. The Labute approximate surface area is 243 Å². The third-order valence-electron chi connectivity index (χ3n) is 5.13. The third kappa shape index (κ3) is 3.97. The molecular formula is C21H15Br4NaO5S. The van der Waals surface area contributed by atoms with E-state index in [0.717, 1.165) is 11.1 Å². The molecule has 5 nitrogen and oxygen atoms in total. The average molecular weight is 722 g/mol. The second-order valence-corrected chi connectivity index (χ2v) is 11.9. The molecule has 3 aromatic carbocycles. The first kappa shape index (κ1) is 26.7. The number of halogens is 4. The van der Waals surface area contributed by atoms with Gasteiger partial charge >= 0.3 is 29.6 Å². The van der Waals surface area contributed by atoms with Crippen molar-refractivity contribution in [2.24, 2.45) is 0 Å². The average Bonchev–Trinajstić information content (AvgIpc) is 2.92. The minimum Gasteiger partial charge on any atom is -1.00 e. The fourth-order valence-corrected chi connectivity index (χ4v) is 8.54. The molecule has 1 aliphatic rings. The van der Waals surface area contributed by atoms with Crippen LogP contribution >= 0.6 is 63.7 Å². The van der Waals surface area contributed by atoms with E-state index < -0.39 is 15.7 Å². The van der Waals surface area contributed by atoms with Crippen molar-refractivity contribution in [3.63, 3.8) is 0 Å². The topological polar surface area (TPSA) is 83.8 Å². The van der Waals surface area contributed by atoms with Gasteiger partial charge in [0.1, 0.15) is 16.4 Å². The zero-order valence-electron chi connectivity index (χ0n) is 18.0. The first-order valence-corrected chi connectivity index (χ1v) is 13.4. The van der Waals surface area contributed by atoms with Crippen LogP contribution in [0.4, 0.5) is 0 Å². The molecule has 0 aromatic heterocycles. The molecule has 0 saturated heterocycles. The van der Waals surface area contributed by atoms with Gasteiger partial charge in [0.25, 0.3) is 10.1 Å². The second-order valence-electron chi connectivity index (χ2n) is 7.22. The van der Waals surface area contributed by atoms with E-state index in [1.165, 1.54) is 12.1 Å². The van der Waals surface area contributed by atoms with Crippen molar-refractivity contribution in [1.82, 2.24) is 0 Å². The predicted octanol–water partition coefficient (Wildman–Crippen LogP) is 3.89. The van der Waals surface area contributed by atoms with E-state index in [9.17, 15) is 18.6 Å². The number of hydrogen-bond acceptors (Lipinski definition) is 5. The van der Waals surface area contributed by atoms with Gasteiger partial charge in [-0.2, -0.15) is 8.42 Å². The van der Waals surface area contributed by atoms with E-state index in [-0.39, 0.29) is 68.5 Å². The second kappa shape index (κ2) is 9.28. The molecule has 32 heavy (non-hydrogen) atoms. The normalized spacial score (nSPS) is 15.8. The Balaban J connectivity index is 0.00000193. The standard InChI is InChI=1S/C21H14Br4O5S.Na.H/c1-9-3-5-11(13(26)7-9)21(12-6-4-10(2)8-14(12)27)15-16(22)17(23)18(24)19(25)20(15)31(28,29)30-21;;/h3-8,26-27H,1-2H3;;/q;+1;-1. The smallest absolute Gasteiger partial charge is 1.00 e. The number of aromatic hydroxyl groups is 2. The molecular weight excluding hydrogens is 707 g/mol. The molecule has 0 spiro atoms. The Bertz CT molecular complexity index is 1330. The Morgan fingerprint density at radius 3 is 1.69 bits per heavy atom. The van der Waals surface area contributed by atoms with Crippen LogP contribution in [0.1, 0.15) is 29.2 Å². The molecule has 2 N–H and O–H groups in total. The Kier molecular flexibility index (Phi) is 7.74. The van der Waals surface area contributed by atoms with Crippen molar-refractivity contribution >= 4 is 73.8 Å². The van der Waals surface area contributed by atoms with E-state index in [1.54, 1.807) is 38.1 Å². The number of benzene rings is 3. The molecule has 4 rings (SSSR count). The Morgan fingerprint density at radius 2 is 1.25 bits per heavy atom. The molecule has 0 radical (unpaired) electrons. The summed E-state index contributed by atoms with van der Waals surface area (Å²) in [7, 11) is -4.31. The maximum atomic E-state index is 13.3. The number of phenolic OH excluding ortho intramolecular Hbond substituents is 2. The van der Waals surface area contributed by atoms with Gasteiger partial charge in [0, 0.05) is 30.1 Å². The molecule has 0 unspecified atom stereocenters. The summed E-state index contributed by atoms with van der Waals surface area (Å²) in [5.41, 5.74) is 0.315. The van der Waals surface area contributed by atoms with Crippen molar-refractivity contribution in [2.45, 2.75) is 24.3 Å². The minimum atomic E-state index is -4.31. The molecule has 0 atom stereocenters. The fraction of sp³-hybridized carbons (Fsp3) is 0.143. The van der Waals surface area contributed by atoms with Crippen LogP contribution in [0.3, 0.4) is 0 Å². The molecule has 0 amide bonds. The predicted molar refractivity (Wildman–Crippen MR) is 132 cm³/mol. The van der Waals surface area contributed by atoms with Crippen LogP contribution in [0.15, 0.2) is 59.2 Å². The summed E-state index contributed by atoms with van der Waals surface area (Å²) in [6, 6.07) is 9.73. The minimum absolute atomic E-state index is 0. The molecule has 1 heterocycles. The fourth-order valence-electron chi connectivity index (χ4n) is 3.79. The maximum Gasteiger partial charge on any atom is 1.00 e. The zero-order chi connectivity index (χ0) is 22.9. The van der Waals surface area contributed by atoms with Gasteiger partial charge in [-0.05, 0) is 101 Å². The van der Waals surface area contributed by atoms with E-state index in [0.29, 0.717) is 13.4 Å². The van der Waals surface area contributed by atoms with Gasteiger partial charge in [0.05, 0.1) is 4.47 Å². The van der Waals surface area contributed by atoms with Gasteiger partial charge in [0.15, 0.2) is 5.60 Å². The third-order valence-corrected chi connectivity index (χ3v) is 11.5. The summed E-state index contributed by atoms with van der Waals surface area (Å²) in [6.45, 7) is 3.61. The Morgan fingerprint density at radius 1 is 0.812 bits per heavy atom. The van der Waals surface area contributed by atoms with E-state index in [2.05, 4.69) is 63.7 Å². The summed E-state index contributed by atoms with van der Waals surface area (Å²) >= 11 is 13.7. The van der Waals surface area contributed by atoms with Crippen molar-refractivity contribution in [3.05, 3.63) is 82.1 Å². The SMILES string of the molecule is Cc1ccc(C2(c3ccc(C)cc3O)OS(=O)(=O)c3c(Br)c(Br)c(Br)c(Br)c32)c(O)c1.[H-].[Na+]. The van der Waals surface area contributed by atoms with Crippen LogP contribution in [0.25, 0.3) is 0 Å². The first-order chi connectivity index (χ1) is 14.4. The maximum absolute atomic E-state index is 13.3. The molecule has 3 aromatic rings. The van der Waals surface area contributed by atoms with Crippen LogP contribution < -0.4 is 29.6 Å². The van der Waals surface area contributed by atoms with Gasteiger partial charge in [-0.15, -0.1) is 0 Å². The Hall–Kier alpha value is 0.0900. The van der Waals surface area contributed by atoms with Crippen LogP contribution in [0, 0.1) is 13.8 Å². The van der Waals surface area contributed by atoms with Crippen molar-refractivity contribution in [3.8, 4) is 11.5 Å². The molecule has 164 valence electrons. The quantitative estimate of drug-likeness (QED) is 0.182. The number of fused-ring (bicyclic) bond motifs is 1. The summed E-state index contributed by atoms with van der Waals surface area (Å²) in [5.74, 6) is -0.324. The zero-order valence-corrected chi connectivity index (χ0v) is 26.2. The van der Waals surface area contributed by atoms with E-state index in [1.807, 2.05) is 0 Å². The van der Waals surface area contributed by atoms with Crippen LogP contribution in [0.2, 0.25) is 0 Å². The monoisotopic (exact) mass is 718 g/mol. The van der Waals surface area contributed by atoms with Gasteiger partial charge in [0.2, 0.25) is 0 Å². The summed E-state index contributed by atoms with van der Waals surface area (Å²) in [4.78, 5) is -0.102. The van der Waals surface area contributed by atoms with Crippen LogP contribution in [-0.2, 0) is 19.9 Å². The van der Waals surface area contributed by atoms with Crippen molar-refractivity contribution < 1.29 is 53.8 Å². The molecule has 11 heteroatoms. The first-order valence-electron chi connectivity index (χ1n) is 8.84.